The van der Waals surface area contributed by atoms with Crippen LogP contribution in [-0.4, -0.2) is 21.2 Å². The highest BCUT2D eigenvalue weighted by Gasteiger charge is 2.19. The van der Waals surface area contributed by atoms with Gasteiger partial charge in [-0.15, -0.1) is 10.2 Å². The van der Waals surface area contributed by atoms with Crippen LogP contribution in [0.15, 0.2) is 27.4 Å². The molecule has 1 N–H and O–H groups in total. The number of rotatable bonds is 5. The molecule has 1 aliphatic rings. The van der Waals surface area contributed by atoms with Gasteiger partial charge < -0.3 is 5.32 Å². The van der Waals surface area contributed by atoms with E-state index in [1.807, 2.05) is 6.07 Å². The maximum atomic E-state index is 11.2. The van der Waals surface area contributed by atoms with E-state index < -0.39 is 4.92 Å². The second kappa shape index (κ2) is 7.59. The maximum absolute atomic E-state index is 11.2. The van der Waals surface area contributed by atoms with E-state index in [-0.39, 0.29) is 11.3 Å². The van der Waals surface area contributed by atoms with Gasteiger partial charge in [0.05, 0.1) is 21.5 Å². The molecule has 1 aliphatic carbocycles. The Labute approximate surface area is 147 Å². The Bertz CT molecular complexity index is 780. The number of hydrogen-bond acceptors (Lipinski definition) is 8. The molecule has 0 amide bonds. The third kappa shape index (κ3) is 4.01. The Balaban J connectivity index is 1.72. The van der Waals surface area contributed by atoms with Crippen molar-refractivity contribution in [2.75, 3.05) is 5.32 Å². The van der Waals surface area contributed by atoms with E-state index in [0.717, 1.165) is 18.0 Å². The topological polar surface area (TPSA) is 105 Å². The minimum atomic E-state index is -0.481. The summed E-state index contributed by atoms with van der Waals surface area (Å²) in [5.41, 5.74) is 0.180. The Morgan fingerprint density at radius 3 is 2.83 bits per heavy atom. The largest absolute Gasteiger partial charge is 0.357 e. The molecule has 1 aromatic carbocycles. The monoisotopic (exact) mass is 361 g/mol. The SMILES string of the molecule is N#Cc1ccc(Sc2nnc(NC3CCCCC3)s2)c([N+](=O)[O-])c1. The molecule has 0 radical (unpaired) electrons. The molecule has 0 aliphatic heterocycles. The predicted octanol–water partition coefficient (Wildman–Crippen LogP) is 4.21. The highest BCUT2D eigenvalue weighted by atomic mass is 32.2. The van der Waals surface area contributed by atoms with Gasteiger partial charge in [0.15, 0.2) is 4.34 Å². The molecule has 1 aromatic heterocycles. The molecule has 0 atom stereocenters. The molecule has 0 spiro atoms. The summed E-state index contributed by atoms with van der Waals surface area (Å²) in [6.45, 7) is 0. The fraction of sp³-hybridized carbons (Fsp3) is 0.400. The van der Waals surface area contributed by atoms with Gasteiger partial charge in [-0.25, -0.2) is 0 Å². The standard InChI is InChI=1S/C15H15N5O2S2/c16-9-10-6-7-13(12(8-10)20(21)22)23-15-19-18-14(24-15)17-11-4-2-1-3-5-11/h6-8,11H,1-5H2,(H,17,18). The number of nitrogens with one attached hydrogen (secondary N) is 1. The predicted molar refractivity (Wildman–Crippen MR) is 92.3 cm³/mol. The van der Waals surface area contributed by atoms with E-state index in [2.05, 4.69) is 15.5 Å². The summed E-state index contributed by atoms with van der Waals surface area (Å²) in [6.07, 6.45) is 6.04. The number of aromatic nitrogens is 2. The number of nitriles is 1. The first kappa shape index (κ1) is 16.7. The minimum absolute atomic E-state index is 0.0870. The average molecular weight is 361 g/mol. The van der Waals surface area contributed by atoms with Crippen molar-refractivity contribution in [1.29, 1.82) is 5.26 Å². The van der Waals surface area contributed by atoms with Crippen LogP contribution in [0.3, 0.4) is 0 Å². The molecule has 24 heavy (non-hydrogen) atoms. The highest BCUT2D eigenvalue weighted by Crippen LogP contribution is 2.38. The van der Waals surface area contributed by atoms with E-state index in [9.17, 15) is 10.1 Å². The van der Waals surface area contributed by atoms with Gasteiger partial charge in [-0.1, -0.05) is 30.6 Å². The van der Waals surface area contributed by atoms with Crippen LogP contribution in [0.25, 0.3) is 0 Å². The molecule has 1 fully saturated rings. The zero-order valence-corrected chi connectivity index (χ0v) is 14.4. The van der Waals surface area contributed by atoms with Crippen molar-refractivity contribution in [3.63, 3.8) is 0 Å². The normalized spacial score (nSPS) is 15.0. The Morgan fingerprint density at radius 1 is 1.33 bits per heavy atom. The number of benzene rings is 1. The lowest BCUT2D eigenvalue weighted by Gasteiger charge is -2.21. The molecule has 2 aromatic rings. The second-order valence-corrected chi connectivity index (χ2v) is 7.77. The molecular formula is C15H15N5O2S2. The molecule has 7 nitrogen and oxygen atoms in total. The third-order valence-corrected chi connectivity index (χ3v) is 5.79. The molecule has 0 saturated heterocycles. The second-order valence-electron chi connectivity index (χ2n) is 5.51. The van der Waals surface area contributed by atoms with Crippen LogP contribution >= 0.6 is 23.1 Å². The van der Waals surface area contributed by atoms with Crippen LogP contribution in [-0.2, 0) is 0 Å². The van der Waals surface area contributed by atoms with Gasteiger partial charge in [0.1, 0.15) is 0 Å². The van der Waals surface area contributed by atoms with Gasteiger partial charge in [-0.2, -0.15) is 5.26 Å². The quantitative estimate of drug-likeness (QED) is 0.628. The van der Waals surface area contributed by atoms with Gasteiger partial charge in [-0.3, -0.25) is 10.1 Å². The summed E-state index contributed by atoms with van der Waals surface area (Å²) in [4.78, 5) is 11.2. The molecule has 3 rings (SSSR count). The van der Waals surface area contributed by atoms with Gasteiger partial charge in [-0.05, 0) is 36.7 Å². The molecule has 124 valence electrons. The molecule has 9 heteroatoms. The first-order valence-corrected chi connectivity index (χ1v) is 9.25. The Morgan fingerprint density at radius 2 is 2.12 bits per heavy atom. The highest BCUT2D eigenvalue weighted by molar-refractivity contribution is 8.01. The fourth-order valence-corrected chi connectivity index (χ4v) is 4.51. The molecule has 1 heterocycles. The van der Waals surface area contributed by atoms with Crippen molar-refractivity contribution in [3.05, 3.63) is 33.9 Å². The first-order chi connectivity index (χ1) is 11.7. The van der Waals surface area contributed by atoms with Crippen molar-refractivity contribution in [1.82, 2.24) is 10.2 Å². The van der Waals surface area contributed by atoms with Gasteiger partial charge in [0, 0.05) is 12.1 Å². The van der Waals surface area contributed by atoms with Crippen LogP contribution in [0.5, 0.6) is 0 Å². The van der Waals surface area contributed by atoms with Gasteiger partial charge >= 0.3 is 0 Å². The summed E-state index contributed by atoms with van der Waals surface area (Å²) >= 11 is 2.59. The lowest BCUT2D eigenvalue weighted by molar-refractivity contribution is -0.387. The van der Waals surface area contributed by atoms with E-state index in [1.165, 1.54) is 48.4 Å². The van der Waals surface area contributed by atoms with Crippen LogP contribution in [0.2, 0.25) is 0 Å². The van der Waals surface area contributed by atoms with E-state index >= 15 is 0 Å². The first-order valence-electron chi connectivity index (χ1n) is 7.62. The molecule has 1 saturated carbocycles. The summed E-state index contributed by atoms with van der Waals surface area (Å²) in [5.74, 6) is 0. The summed E-state index contributed by atoms with van der Waals surface area (Å²) in [7, 11) is 0. The van der Waals surface area contributed by atoms with E-state index in [4.69, 9.17) is 5.26 Å². The van der Waals surface area contributed by atoms with Crippen molar-refractivity contribution in [2.45, 2.75) is 47.4 Å². The number of anilines is 1. The van der Waals surface area contributed by atoms with Gasteiger partial charge in [0.2, 0.25) is 5.13 Å². The fourth-order valence-electron chi connectivity index (χ4n) is 2.64. The van der Waals surface area contributed by atoms with E-state index in [1.54, 1.807) is 12.1 Å². The minimum Gasteiger partial charge on any atom is -0.357 e. The number of nitro groups is 1. The van der Waals surface area contributed by atoms with Crippen molar-refractivity contribution in [2.24, 2.45) is 0 Å². The van der Waals surface area contributed by atoms with Crippen molar-refractivity contribution >= 4 is 33.9 Å². The molecule has 0 unspecified atom stereocenters. The van der Waals surface area contributed by atoms with Crippen LogP contribution in [0.4, 0.5) is 10.8 Å². The van der Waals surface area contributed by atoms with Crippen molar-refractivity contribution < 1.29 is 4.92 Å². The maximum Gasteiger partial charge on any atom is 0.284 e. The van der Waals surface area contributed by atoms with Crippen molar-refractivity contribution in [3.8, 4) is 6.07 Å². The zero-order chi connectivity index (χ0) is 16.9. The lowest BCUT2D eigenvalue weighted by atomic mass is 9.96. The number of nitrogens with zero attached hydrogens (tertiary/aromatic N) is 4. The summed E-state index contributed by atoms with van der Waals surface area (Å²) in [5, 5.41) is 32.4. The summed E-state index contributed by atoms with van der Waals surface area (Å²) in [6, 6.07) is 6.78. The van der Waals surface area contributed by atoms with E-state index in [0.29, 0.717) is 15.3 Å². The Hall–Kier alpha value is -2.18. The lowest BCUT2D eigenvalue weighted by Crippen LogP contribution is -2.21. The molecular weight excluding hydrogens is 346 g/mol. The average Bonchev–Trinajstić information content (AvgIpc) is 3.03. The molecule has 0 bridgehead atoms. The van der Waals surface area contributed by atoms with Crippen LogP contribution in [0.1, 0.15) is 37.7 Å². The summed E-state index contributed by atoms with van der Waals surface area (Å²) < 4.78 is 0.640. The van der Waals surface area contributed by atoms with Crippen LogP contribution < -0.4 is 5.32 Å². The zero-order valence-electron chi connectivity index (χ0n) is 12.8. The van der Waals surface area contributed by atoms with Crippen LogP contribution in [0, 0.1) is 21.4 Å². The smallest absolute Gasteiger partial charge is 0.284 e. The Kier molecular flexibility index (Phi) is 5.27. The van der Waals surface area contributed by atoms with Gasteiger partial charge in [0.25, 0.3) is 5.69 Å². The third-order valence-electron chi connectivity index (χ3n) is 3.82. The number of nitro benzene ring substituents is 1. The number of hydrogen-bond donors (Lipinski definition) is 1.